The predicted molar refractivity (Wildman–Crippen MR) is 116 cm³/mol. The van der Waals surface area contributed by atoms with E-state index in [9.17, 15) is 22.8 Å². The minimum absolute atomic E-state index is 0.0142. The van der Waals surface area contributed by atoms with E-state index in [0.717, 1.165) is 13.0 Å². The summed E-state index contributed by atoms with van der Waals surface area (Å²) in [5.74, 6) is -3.36. The Balaban J connectivity index is 0.000000509. The maximum Gasteiger partial charge on any atom is 0.490 e. The first kappa shape index (κ1) is 26.6. The lowest BCUT2D eigenvalue weighted by molar-refractivity contribution is -0.192. The zero-order chi connectivity index (χ0) is 25.7. The maximum atomic E-state index is 13.5. The SMILES string of the molecule is COC1=C([C@@H]2CCNC2)C(=O)C(Cc2cccc(C(=N)N)c2)(C(N)=O)C=C1.O=C(O)C(F)(F)F. The number of amides is 1. The van der Waals surface area contributed by atoms with Crippen LogP contribution in [-0.2, 0) is 25.5 Å². The molecule has 7 N–H and O–H groups in total. The van der Waals surface area contributed by atoms with Crippen LogP contribution in [0.3, 0.4) is 0 Å². The van der Waals surface area contributed by atoms with Crippen LogP contribution < -0.4 is 16.8 Å². The van der Waals surface area contributed by atoms with E-state index >= 15 is 0 Å². The van der Waals surface area contributed by atoms with Crippen LogP contribution in [-0.4, -0.2) is 55.0 Å². The van der Waals surface area contributed by atoms with Gasteiger partial charge in [0, 0.05) is 23.6 Å². The predicted octanol–water partition coefficient (Wildman–Crippen LogP) is 1.27. The van der Waals surface area contributed by atoms with Gasteiger partial charge in [0.15, 0.2) is 5.78 Å². The lowest BCUT2D eigenvalue weighted by Crippen LogP contribution is -2.47. The van der Waals surface area contributed by atoms with Crippen molar-refractivity contribution >= 4 is 23.5 Å². The number of carboxylic acids is 1. The lowest BCUT2D eigenvalue weighted by atomic mass is 9.69. The number of carboxylic acid groups (broad SMARTS) is 1. The van der Waals surface area contributed by atoms with Crippen molar-refractivity contribution < 1.29 is 37.4 Å². The highest BCUT2D eigenvalue weighted by Gasteiger charge is 2.48. The topological polar surface area (TPSA) is 169 Å². The molecule has 0 bridgehead atoms. The third-order valence-electron chi connectivity index (χ3n) is 5.53. The van der Waals surface area contributed by atoms with Crippen molar-refractivity contribution in [2.75, 3.05) is 20.2 Å². The Labute approximate surface area is 193 Å². The second-order valence-corrected chi connectivity index (χ2v) is 7.76. The highest BCUT2D eigenvalue weighted by atomic mass is 19.4. The highest BCUT2D eigenvalue weighted by molar-refractivity contribution is 6.16. The highest BCUT2D eigenvalue weighted by Crippen LogP contribution is 2.39. The number of carbonyl (C=O) groups is 3. The standard InChI is InChI=1S/C20H24N4O3.C2HF3O2/c1-27-15-5-7-20(19(23)26,17(25)16(15)14-6-8-24-11-14)10-12-3-2-4-13(9-12)18(21)22;3-2(4,5)1(6)7/h2-5,7,9,14,24H,6,8,10-11H2,1H3,(H3,21,22)(H2,23,26);(H,6,7)/t14-,20?;/m1./s1. The molecule has 1 aliphatic carbocycles. The Kier molecular flexibility index (Phi) is 8.22. The molecule has 1 aromatic carbocycles. The van der Waals surface area contributed by atoms with E-state index in [1.54, 1.807) is 36.4 Å². The van der Waals surface area contributed by atoms with Gasteiger partial charge in [-0.1, -0.05) is 24.3 Å². The summed E-state index contributed by atoms with van der Waals surface area (Å²) in [6.07, 6.45) is -0.951. The number of benzene rings is 1. The summed E-state index contributed by atoms with van der Waals surface area (Å²) in [6.45, 7) is 1.48. The first-order valence-corrected chi connectivity index (χ1v) is 10.1. The summed E-state index contributed by atoms with van der Waals surface area (Å²) in [7, 11) is 1.52. The average Bonchev–Trinajstić information content (AvgIpc) is 3.29. The number of methoxy groups -OCH3 is 1. The van der Waals surface area contributed by atoms with Crippen LogP contribution in [0.25, 0.3) is 0 Å². The van der Waals surface area contributed by atoms with Crippen molar-refractivity contribution in [2.45, 2.75) is 19.0 Å². The third-order valence-corrected chi connectivity index (χ3v) is 5.53. The van der Waals surface area contributed by atoms with Crippen molar-refractivity contribution in [1.29, 1.82) is 5.41 Å². The van der Waals surface area contributed by atoms with E-state index in [1.165, 1.54) is 7.11 Å². The fourth-order valence-corrected chi connectivity index (χ4v) is 3.79. The van der Waals surface area contributed by atoms with Crippen LogP contribution in [0.4, 0.5) is 13.2 Å². The number of allylic oxidation sites excluding steroid dienone is 1. The Morgan fingerprint density at radius 3 is 2.44 bits per heavy atom. The normalized spacial score (nSPS) is 22.1. The fraction of sp³-hybridized carbons (Fsp3) is 0.364. The largest absolute Gasteiger partial charge is 0.496 e. The zero-order valence-electron chi connectivity index (χ0n) is 18.2. The van der Waals surface area contributed by atoms with Crippen LogP contribution in [0, 0.1) is 16.7 Å². The smallest absolute Gasteiger partial charge is 0.490 e. The van der Waals surface area contributed by atoms with Gasteiger partial charge in [0.25, 0.3) is 0 Å². The summed E-state index contributed by atoms with van der Waals surface area (Å²) in [5, 5.41) is 18.0. The van der Waals surface area contributed by atoms with Gasteiger partial charge in [-0.25, -0.2) is 4.79 Å². The first-order chi connectivity index (χ1) is 15.8. The monoisotopic (exact) mass is 482 g/mol. The first-order valence-electron chi connectivity index (χ1n) is 10.1. The number of aliphatic carboxylic acids is 1. The number of alkyl halides is 3. The van der Waals surface area contributed by atoms with Gasteiger partial charge in [0.05, 0.1) is 7.11 Å². The molecule has 9 nitrogen and oxygen atoms in total. The number of Topliss-reactive ketones (excluding diaryl/α,β-unsaturated/α-hetero) is 1. The summed E-state index contributed by atoms with van der Waals surface area (Å²) in [6, 6.07) is 6.96. The molecule has 1 saturated heterocycles. The van der Waals surface area contributed by atoms with Gasteiger partial charge in [0.1, 0.15) is 17.0 Å². The number of hydrogen-bond acceptors (Lipinski definition) is 6. The van der Waals surface area contributed by atoms with Gasteiger partial charge in [-0.05, 0) is 37.1 Å². The molecule has 0 radical (unpaired) electrons. The van der Waals surface area contributed by atoms with E-state index in [0.29, 0.717) is 29.0 Å². The molecular weight excluding hydrogens is 457 g/mol. The Hall–Kier alpha value is -3.67. The number of ether oxygens (including phenoxy) is 1. The fourth-order valence-electron chi connectivity index (χ4n) is 3.79. The van der Waals surface area contributed by atoms with E-state index in [1.807, 2.05) is 0 Å². The van der Waals surface area contributed by atoms with Crippen molar-refractivity contribution in [2.24, 2.45) is 22.8 Å². The number of rotatable bonds is 6. The van der Waals surface area contributed by atoms with Gasteiger partial charge in [-0.2, -0.15) is 13.2 Å². The van der Waals surface area contributed by atoms with Gasteiger partial charge in [-0.15, -0.1) is 0 Å². The molecular formula is C22H25F3N4O5. The minimum atomic E-state index is -5.08. The number of nitrogen functional groups attached to an aromatic ring is 1. The van der Waals surface area contributed by atoms with E-state index in [2.05, 4.69) is 5.32 Å². The average molecular weight is 482 g/mol. The number of ketones is 1. The van der Waals surface area contributed by atoms with Crippen molar-refractivity contribution in [1.82, 2.24) is 5.32 Å². The summed E-state index contributed by atoms with van der Waals surface area (Å²) in [4.78, 5) is 34.8. The molecule has 2 aliphatic rings. The van der Waals surface area contributed by atoms with Gasteiger partial charge < -0.3 is 26.6 Å². The molecule has 0 aromatic heterocycles. The second kappa shape index (κ2) is 10.5. The molecule has 1 aromatic rings. The maximum absolute atomic E-state index is 13.5. The molecule has 1 amide bonds. The molecule has 3 rings (SSSR count). The number of halogens is 3. The number of primary amides is 1. The Morgan fingerprint density at radius 2 is 1.97 bits per heavy atom. The van der Waals surface area contributed by atoms with E-state index in [-0.39, 0.29) is 24.0 Å². The summed E-state index contributed by atoms with van der Waals surface area (Å²) >= 11 is 0. The molecule has 34 heavy (non-hydrogen) atoms. The molecule has 1 fully saturated rings. The van der Waals surface area contributed by atoms with Gasteiger partial charge >= 0.3 is 12.1 Å². The Bertz CT molecular complexity index is 1050. The summed E-state index contributed by atoms with van der Waals surface area (Å²) in [5.41, 5.74) is 11.6. The quantitative estimate of drug-likeness (QED) is 0.231. The minimum Gasteiger partial charge on any atom is -0.496 e. The third kappa shape index (κ3) is 5.81. The zero-order valence-corrected chi connectivity index (χ0v) is 18.2. The molecule has 1 unspecified atom stereocenters. The number of hydrogen-bond donors (Lipinski definition) is 5. The molecule has 1 heterocycles. The molecule has 2 atom stereocenters. The summed E-state index contributed by atoms with van der Waals surface area (Å²) < 4.78 is 37.1. The van der Waals surface area contributed by atoms with E-state index < -0.39 is 23.5 Å². The van der Waals surface area contributed by atoms with Crippen molar-refractivity contribution in [3.05, 3.63) is 58.9 Å². The van der Waals surface area contributed by atoms with Crippen LogP contribution in [0.1, 0.15) is 17.5 Å². The van der Waals surface area contributed by atoms with Crippen LogP contribution in [0.15, 0.2) is 47.7 Å². The molecule has 1 aliphatic heterocycles. The second-order valence-electron chi connectivity index (χ2n) is 7.76. The molecule has 184 valence electrons. The molecule has 0 spiro atoms. The van der Waals surface area contributed by atoms with Crippen LogP contribution >= 0.6 is 0 Å². The van der Waals surface area contributed by atoms with E-state index in [4.69, 9.17) is 31.5 Å². The molecule has 0 saturated carbocycles. The number of carbonyl (C=O) groups excluding carboxylic acids is 2. The van der Waals surface area contributed by atoms with Crippen LogP contribution in [0.2, 0.25) is 0 Å². The van der Waals surface area contributed by atoms with Crippen molar-refractivity contribution in [3.63, 3.8) is 0 Å². The lowest BCUT2D eigenvalue weighted by Gasteiger charge is -2.32. The van der Waals surface area contributed by atoms with Gasteiger partial charge in [0.2, 0.25) is 5.91 Å². The number of nitrogens with two attached hydrogens (primary N) is 2. The Morgan fingerprint density at radius 1 is 1.32 bits per heavy atom. The number of amidine groups is 1. The number of nitrogens with one attached hydrogen (secondary N) is 2. The molecule has 12 heteroatoms. The van der Waals surface area contributed by atoms with Crippen molar-refractivity contribution in [3.8, 4) is 0 Å². The van der Waals surface area contributed by atoms with Crippen LogP contribution in [0.5, 0.6) is 0 Å². The van der Waals surface area contributed by atoms with Gasteiger partial charge in [-0.3, -0.25) is 15.0 Å².